The predicted molar refractivity (Wildman–Crippen MR) is 92.6 cm³/mol. The summed E-state index contributed by atoms with van der Waals surface area (Å²) in [5.74, 6) is 0.895. The fourth-order valence-corrected chi connectivity index (χ4v) is 3.32. The van der Waals surface area contributed by atoms with E-state index in [1.54, 1.807) is 18.4 Å². The average molecular weight is 310 g/mol. The number of aromatic nitrogens is 1. The summed E-state index contributed by atoms with van der Waals surface area (Å²) in [6.45, 7) is 2.75. The molecule has 0 unspecified atom stereocenters. The van der Waals surface area contributed by atoms with Crippen LogP contribution in [0.4, 0.5) is 5.13 Å². The van der Waals surface area contributed by atoms with Crippen molar-refractivity contribution in [1.82, 2.24) is 4.98 Å². The van der Waals surface area contributed by atoms with Gasteiger partial charge >= 0.3 is 0 Å². The molecule has 0 aliphatic carbocycles. The Labute approximate surface area is 134 Å². The van der Waals surface area contributed by atoms with Gasteiger partial charge in [0.25, 0.3) is 0 Å². The topological polar surface area (TPSA) is 34.1 Å². The lowest BCUT2D eigenvalue weighted by atomic mass is 10.2. The van der Waals surface area contributed by atoms with Crippen LogP contribution in [0.1, 0.15) is 11.3 Å². The van der Waals surface area contributed by atoms with Crippen molar-refractivity contribution in [3.63, 3.8) is 0 Å². The minimum Gasteiger partial charge on any atom is -0.496 e. The largest absolute Gasteiger partial charge is 0.496 e. The van der Waals surface area contributed by atoms with Crippen LogP contribution in [0.5, 0.6) is 5.75 Å². The minimum absolute atomic E-state index is 0.700. The van der Waals surface area contributed by atoms with Gasteiger partial charge in [0.05, 0.1) is 17.7 Å². The summed E-state index contributed by atoms with van der Waals surface area (Å²) in [5.41, 5.74) is 3.39. The Morgan fingerprint density at radius 1 is 1.05 bits per heavy atom. The van der Waals surface area contributed by atoms with Crippen molar-refractivity contribution in [2.45, 2.75) is 13.5 Å². The van der Waals surface area contributed by atoms with Gasteiger partial charge in [0.2, 0.25) is 0 Å². The van der Waals surface area contributed by atoms with Crippen LogP contribution in [0.2, 0.25) is 0 Å². The molecule has 0 atom stereocenters. The van der Waals surface area contributed by atoms with Gasteiger partial charge in [-0.15, -0.1) is 0 Å². The third-order valence-corrected chi connectivity index (χ3v) is 4.62. The number of anilines is 1. The standard InChI is InChI=1S/C18H18N2OS/c1-13-17(14-8-4-3-5-9-14)22-18(20-13)19-12-15-10-6-7-11-16(15)21-2/h3-11H,12H2,1-2H3,(H,19,20). The average Bonchev–Trinajstić information content (AvgIpc) is 2.95. The highest BCUT2D eigenvalue weighted by Crippen LogP contribution is 2.33. The lowest BCUT2D eigenvalue weighted by Crippen LogP contribution is -2.01. The van der Waals surface area contributed by atoms with E-state index >= 15 is 0 Å². The Kier molecular flexibility index (Phi) is 4.39. The molecule has 0 bridgehead atoms. The maximum atomic E-state index is 5.38. The molecule has 3 rings (SSSR count). The summed E-state index contributed by atoms with van der Waals surface area (Å²) in [5, 5.41) is 4.33. The van der Waals surface area contributed by atoms with Gasteiger partial charge in [-0.2, -0.15) is 0 Å². The van der Waals surface area contributed by atoms with Crippen molar-refractivity contribution in [3.8, 4) is 16.2 Å². The van der Waals surface area contributed by atoms with Gasteiger partial charge in [0.1, 0.15) is 5.75 Å². The van der Waals surface area contributed by atoms with Crippen molar-refractivity contribution in [2.24, 2.45) is 0 Å². The fourth-order valence-electron chi connectivity index (χ4n) is 2.35. The molecular formula is C18H18N2OS. The number of ether oxygens (including phenoxy) is 1. The van der Waals surface area contributed by atoms with Gasteiger partial charge in [0.15, 0.2) is 5.13 Å². The van der Waals surface area contributed by atoms with Gasteiger partial charge in [0, 0.05) is 12.1 Å². The fraction of sp³-hybridized carbons (Fsp3) is 0.167. The van der Waals surface area contributed by atoms with Crippen LogP contribution in [-0.4, -0.2) is 12.1 Å². The summed E-state index contributed by atoms with van der Waals surface area (Å²) < 4.78 is 5.38. The first kappa shape index (κ1) is 14.6. The zero-order chi connectivity index (χ0) is 15.4. The molecule has 0 saturated heterocycles. The van der Waals surface area contributed by atoms with E-state index < -0.39 is 0 Å². The van der Waals surface area contributed by atoms with Crippen molar-refractivity contribution >= 4 is 16.5 Å². The molecule has 0 radical (unpaired) electrons. The Morgan fingerprint density at radius 3 is 2.55 bits per heavy atom. The van der Waals surface area contributed by atoms with E-state index in [-0.39, 0.29) is 0 Å². The van der Waals surface area contributed by atoms with Crippen LogP contribution >= 0.6 is 11.3 Å². The Bertz CT molecular complexity index is 753. The molecule has 0 amide bonds. The molecule has 0 fully saturated rings. The maximum absolute atomic E-state index is 5.38. The summed E-state index contributed by atoms with van der Waals surface area (Å²) in [7, 11) is 1.69. The molecule has 0 aliphatic rings. The number of benzene rings is 2. The molecule has 112 valence electrons. The zero-order valence-corrected chi connectivity index (χ0v) is 13.5. The second kappa shape index (κ2) is 6.62. The van der Waals surface area contributed by atoms with E-state index in [1.165, 1.54) is 10.4 Å². The molecular weight excluding hydrogens is 292 g/mol. The van der Waals surface area contributed by atoms with Crippen LogP contribution in [-0.2, 0) is 6.54 Å². The van der Waals surface area contributed by atoms with Gasteiger partial charge in [-0.1, -0.05) is 59.9 Å². The smallest absolute Gasteiger partial charge is 0.183 e. The molecule has 3 nitrogen and oxygen atoms in total. The maximum Gasteiger partial charge on any atom is 0.183 e. The van der Waals surface area contributed by atoms with Crippen molar-refractivity contribution in [1.29, 1.82) is 0 Å². The van der Waals surface area contributed by atoms with E-state index in [0.29, 0.717) is 6.54 Å². The van der Waals surface area contributed by atoms with Crippen LogP contribution in [0, 0.1) is 6.92 Å². The molecule has 3 aromatic rings. The van der Waals surface area contributed by atoms with Crippen molar-refractivity contribution < 1.29 is 4.74 Å². The molecule has 2 aromatic carbocycles. The van der Waals surface area contributed by atoms with Gasteiger partial charge < -0.3 is 10.1 Å². The normalized spacial score (nSPS) is 10.5. The first-order valence-electron chi connectivity index (χ1n) is 7.16. The van der Waals surface area contributed by atoms with E-state index in [9.17, 15) is 0 Å². The molecule has 1 aromatic heterocycles. The third kappa shape index (κ3) is 3.12. The van der Waals surface area contributed by atoms with Crippen LogP contribution < -0.4 is 10.1 Å². The number of para-hydroxylation sites is 1. The molecule has 22 heavy (non-hydrogen) atoms. The second-order valence-corrected chi connectivity index (χ2v) is 5.96. The Hall–Kier alpha value is -2.33. The highest BCUT2D eigenvalue weighted by Gasteiger charge is 2.10. The van der Waals surface area contributed by atoms with Crippen LogP contribution in [0.25, 0.3) is 10.4 Å². The second-order valence-electron chi connectivity index (χ2n) is 4.96. The van der Waals surface area contributed by atoms with E-state index in [2.05, 4.69) is 40.6 Å². The highest BCUT2D eigenvalue weighted by atomic mass is 32.1. The quantitative estimate of drug-likeness (QED) is 0.739. The van der Waals surface area contributed by atoms with Gasteiger partial charge in [-0.3, -0.25) is 0 Å². The molecule has 1 heterocycles. The summed E-state index contributed by atoms with van der Waals surface area (Å²) >= 11 is 1.68. The number of methoxy groups -OCH3 is 1. The highest BCUT2D eigenvalue weighted by molar-refractivity contribution is 7.19. The zero-order valence-electron chi connectivity index (χ0n) is 12.7. The van der Waals surface area contributed by atoms with E-state index in [1.807, 2.05) is 31.2 Å². The number of nitrogens with zero attached hydrogens (tertiary/aromatic N) is 1. The van der Waals surface area contributed by atoms with Gasteiger partial charge in [-0.25, -0.2) is 4.98 Å². The predicted octanol–water partition coefficient (Wildman–Crippen LogP) is 4.74. The molecule has 0 saturated carbocycles. The molecule has 4 heteroatoms. The van der Waals surface area contributed by atoms with Crippen molar-refractivity contribution in [2.75, 3.05) is 12.4 Å². The Morgan fingerprint density at radius 2 is 1.77 bits per heavy atom. The SMILES string of the molecule is COc1ccccc1CNc1nc(C)c(-c2ccccc2)s1. The number of hydrogen-bond acceptors (Lipinski definition) is 4. The van der Waals surface area contributed by atoms with Crippen molar-refractivity contribution in [3.05, 3.63) is 65.9 Å². The number of hydrogen-bond donors (Lipinski definition) is 1. The first-order chi connectivity index (χ1) is 10.8. The third-order valence-electron chi connectivity index (χ3n) is 3.46. The lowest BCUT2D eigenvalue weighted by molar-refractivity contribution is 0.410. The Balaban J connectivity index is 1.77. The molecule has 0 aliphatic heterocycles. The summed E-state index contributed by atoms with van der Waals surface area (Å²) in [4.78, 5) is 5.84. The molecule has 1 N–H and O–H groups in total. The minimum atomic E-state index is 0.700. The van der Waals surface area contributed by atoms with Gasteiger partial charge in [-0.05, 0) is 18.6 Å². The summed E-state index contributed by atoms with van der Waals surface area (Å²) in [6.07, 6.45) is 0. The monoisotopic (exact) mass is 310 g/mol. The lowest BCUT2D eigenvalue weighted by Gasteiger charge is -2.08. The summed E-state index contributed by atoms with van der Waals surface area (Å²) in [6, 6.07) is 18.4. The molecule has 0 spiro atoms. The van der Waals surface area contributed by atoms with Crippen LogP contribution in [0.3, 0.4) is 0 Å². The van der Waals surface area contributed by atoms with E-state index in [4.69, 9.17) is 4.74 Å². The van der Waals surface area contributed by atoms with E-state index in [0.717, 1.165) is 22.1 Å². The number of aryl methyl sites for hydroxylation is 1. The first-order valence-corrected chi connectivity index (χ1v) is 7.98. The van der Waals surface area contributed by atoms with Crippen LogP contribution in [0.15, 0.2) is 54.6 Å². The number of rotatable bonds is 5. The number of nitrogens with one attached hydrogen (secondary N) is 1. The number of thiazole rings is 1.